The number of hydrogen-bond acceptors (Lipinski definition) is 4. The maximum absolute atomic E-state index is 12.4. The molecule has 2 N–H and O–H groups in total. The molecule has 5 nitrogen and oxygen atoms in total. The van der Waals surface area contributed by atoms with E-state index in [1.807, 2.05) is 13.8 Å². The number of nitrogens with zero attached hydrogens (tertiary/aromatic N) is 1. The summed E-state index contributed by atoms with van der Waals surface area (Å²) in [6, 6.07) is 5.10. The Labute approximate surface area is 113 Å². The highest BCUT2D eigenvalue weighted by molar-refractivity contribution is 5.95. The lowest BCUT2D eigenvalue weighted by atomic mass is 10.1. The van der Waals surface area contributed by atoms with E-state index in [2.05, 4.69) is 0 Å². The van der Waals surface area contributed by atoms with E-state index in [4.69, 9.17) is 15.2 Å². The molecule has 1 aromatic rings. The molecular weight excluding hydrogens is 244 g/mol. The summed E-state index contributed by atoms with van der Waals surface area (Å²) >= 11 is 0. The Bertz CT molecular complexity index is 486. The van der Waals surface area contributed by atoms with Crippen molar-refractivity contribution in [2.75, 3.05) is 32.5 Å². The Hall–Kier alpha value is -1.75. The highest BCUT2D eigenvalue weighted by Crippen LogP contribution is 2.24. The van der Waals surface area contributed by atoms with Gasteiger partial charge in [0.2, 0.25) is 0 Å². The Kier molecular flexibility index (Phi) is 3.66. The summed E-state index contributed by atoms with van der Waals surface area (Å²) in [5.74, 6) is 0.507. The van der Waals surface area contributed by atoms with Gasteiger partial charge in [-0.15, -0.1) is 0 Å². The number of anilines is 1. The van der Waals surface area contributed by atoms with Crippen LogP contribution >= 0.6 is 0 Å². The van der Waals surface area contributed by atoms with Crippen LogP contribution in [0.5, 0.6) is 5.75 Å². The summed E-state index contributed by atoms with van der Waals surface area (Å²) in [5, 5.41) is 0. The summed E-state index contributed by atoms with van der Waals surface area (Å²) < 4.78 is 10.8. The first-order valence-electron chi connectivity index (χ1n) is 6.30. The normalized spacial score (nSPS) is 18.2. The molecule has 0 atom stereocenters. The number of morpholine rings is 1. The summed E-state index contributed by atoms with van der Waals surface area (Å²) in [4.78, 5) is 14.2. The smallest absolute Gasteiger partial charge is 0.254 e. The molecule has 0 aromatic heterocycles. The van der Waals surface area contributed by atoms with Crippen LogP contribution in [0.3, 0.4) is 0 Å². The topological polar surface area (TPSA) is 64.8 Å². The second kappa shape index (κ2) is 5.09. The van der Waals surface area contributed by atoms with Gasteiger partial charge in [-0.1, -0.05) is 0 Å². The fraction of sp³-hybridized carbons (Fsp3) is 0.500. The van der Waals surface area contributed by atoms with Gasteiger partial charge in [-0.25, -0.2) is 0 Å². The molecule has 0 unspecified atom stereocenters. The zero-order chi connectivity index (χ0) is 14.0. The number of amides is 1. The van der Waals surface area contributed by atoms with Crippen LogP contribution in [0.4, 0.5) is 5.69 Å². The van der Waals surface area contributed by atoms with Crippen molar-refractivity contribution in [2.24, 2.45) is 0 Å². The minimum Gasteiger partial charge on any atom is -0.495 e. The van der Waals surface area contributed by atoms with Crippen LogP contribution in [0.2, 0.25) is 0 Å². The van der Waals surface area contributed by atoms with Crippen molar-refractivity contribution in [1.29, 1.82) is 0 Å². The van der Waals surface area contributed by atoms with E-state index in [9.17, 15) is 4.79 Å². The zero-order valence-corrected chi connectivity index (χ0v) is 11.6. The van der Waals surface area contributed by atoms with Gasteiger partial charge in [0, 0.05) is 18.7 Å². The lowest BCUT2D eigenvalue weighted by Crippen LogP contribution is -2.50. The maximum Gasteiger partial charge on any atom is 0.254 e. The number of methoxy groups -OCH3 is 1. The molecule has 1 saturated heterocycles. The van der Waals surface area contributed by atoms with Crippen LogP contribution in [-0.4, -0.2) is 43.2 Å². The molecule has 1 aliphatic rings. The predicted octanol–water partition coefficient (Wildman–Crippen LogP) is 1.53. The van der Waals surface area contributed by atoms with Crippen molar-refractivity contribution in [3.8, 4) is 5.75 Å². The van der Waals surface area contributed by atoms with Crippen molar-refractivity contribution < 1.29 is 14.3 Å². The number of hydrogen-bond donors (Lipinski definition) is 1. The fourth-order valence-electron chi connectivity index (χ4n) is 2.22. The summed E-state index contributed by atoms with van der Waals surface area (Å²) in [7, 11) is 1.54. The molecular formula is C14H20N2O3. The second-order valence-electron chi connectivity index (χ2n) is 5.29. The summed E-state index contributed by atoms with van der Waals surface area (Å²) in [6.45, 7) is 5.71. The third kappa shape index (κ3) is 2.98. The molecule has 104 valence electrons. The minimum absolute atomic E-state index is 0.0188. The van der Waals surface area contributed by atoms with Crippen LogP contribution in [0, 0.1) is 0 Å². The first kappa shape index (κ1) is 13.7. The summed E-state index contributed by atoms with van der Waals surface area (Å²) in [6.07, 6.45) is 0. The molecule has 0 saturated carbocycles. The largest absolute Gasteiger partial charge is 0.495 e. The van der Waals surface area contributed by atoms with E-state index < -0.39 is 0 Å². The van der Waals surface area contributed by atoms with E-state index in [0.29, 0.717) is 36.7 Å². The van der Waals surface area contributed by atoms with E-state index in [1.54, 1.807) is 23.1 Å². The lowest BCUT2D eigenvalue weighted by Gasteiger charge is -2.38. The maximum atomic E-state index is 12.4. The third-order valence-electron chi connectivity index (χ3n) is 3.19. The Balaban J connectivity index is 2.19. The summed E-state index contributed by atoms with van der Waals surface area (Å²) in [5.41, 5.74) is 6.57. The fourth-order valence-corrected chi connectivity index (χ4v) is 2.22. The molecule has 1 aliphatic heterocycles. The molecule has 5 heteroatoms. The second-order valence-corrected chi connectivity index (χ2v) is 5.29. The van der Waals surface area contributed by atoms with Gasteiger partial charge in [-0.3, -0.25) is 4.79 Å². The molecule has 1 aromatic carbocycles. The van der Waals surface area contributed by atoms with Gasteiger partial charge in [0.25, 0.3) is 5.91 Å². The van der Waals surface area contributed by atoms with Crippen LogP contribution in [0.25, 0.3) is 0 Å². The molecule has 0 radical (unpaired) electrons. The molecule has 0 bridgehead atoms. The van der Waals surface area contributed by atoms with Crippen molar-refractivity contribution in [3.63, 3.8) is 0 Å². The minimum atomic E-state index is -0.300. The van der Waals surface area contributed by atoms with Crippen LogP contribution in [-0.2, 0) is 4.74 Å². The first-order valence-corrected chi connectivity index (χ1v) is 6.30. The lowest BCUT2D eigenvalue weighted by molar-refractivity contribution is -0.0764. The number of benzene rings is 1. The monoisotopic (exact) mass is 264 g/mol. The molecule has 19 heavy (non-hydrogen) atoms. The first-order chi connectivity index (χ1) is 8.93. The van der Waals surface area contributed by atoms with Crippen molar-refractivity contribution >= 4 is 11.6 Å². The highest BCUT2D eigenvalue weighted by atomic mass is 16.5. The molecule has 1 fully saturated rings. The van der Waals surface area contributed by atoms with Crippen molar-refractivity contribution in [3.05, 3.63) is 23.8 Å². The number of nitrogens with two attached hydrogens (primary N) is 1. The number of carbonyl (C=O) groups excluding carboxylic acids is 1. The van der Waals surface area contributed by atoms with Crippen LogP contribution in [0.15, 0.2) is 18.2 Å². The van der Waals surface area contributed by atoms with Gasteiger partial charge < -0.3 is 20.1 Å². The van der Waals surface area contributed by atoms with Crippen molar-refractivity contribution in [2.45, 2.75) is 19.4 Å². The quantitative estimate of drug-likeness (QED) is 0.823. The predicted molar refractivity (Wildman–Crippen MR) is 73.3 cm³/mol. The molecule has 0 spiro atoms. The zero-order valence-electron chi connectivity index (χ0n) is 11.6. The van der Waals surface area contributed by atoms with E-state index in [0.717, 1.165) is 0 Å². The SMILES string of the molecule is COc1cc(C(=O)N2CCOC(C)(C)C2)ccc1N. The third-order valence-corrected chi connectivity index (χ3v) is 3.19. The Morgan fingerprint density at radius 2 is 2.21 bits per heavy atom. The Morgan fingerprint density at radius 1 is 1.47 bits per heavy atom. The number of nitrogen functional groups attached to an aromatic ring is 1. The molecule has 2 rings (SSSR count). The number of ether oxygens (including phenoxy) is 2. The van der Waals surface area contributed by atoms with Gasteiger partial charge in [-0.2, -0.15) is 0 Å². The van der Waals surface area contributed by atoms with Gasteiger partial charge >= 0.3 is 0 Å². The van der Waals surface area contributed by atoms with Gasteiger partial charge in [0.1, 0.15) is 5.75 Å². The van der Waals surface area contributed by atoms with Crippen molar-refractivity contribution in [1.82, 2.24) is 4.90 Å². The average molecular weight is 264 g/mol. The van der Waals surface area contributed by atoms with Gasteiger partial charge in [0.15, 0.2) is 0 Å². The Morgan fingerprint density at radius 3 is 2.84 bits per heavy atom. The van der Waals surface area contributed by atoms with Gasteiger partial charge in [0.05, 0.1) is 25.0 Å². The average Bonchev–Trinajstić information content (AvgIpc) is 2.37. The van der Waals surface area contributed by atoms with E-state index in [1.165, 1.54) is 7.11 Å². The molecule has 1 heterocycles. The van der Waals surface area contributed by atoms with Crippen LogP contribution < -0.4 is 10.5 Å². The van der Waals surface area contributed by atoms with Gasteiger partial charge in [-0.05, 0) is 32.0 Å². The van der Waals surface area contributed by atoms with E-state index >= 15 is 0 Å². The molecule has 1 amide bonds. The van der Waals surface area contributed by atoms with E-state index in [-0.39, 0.29) is 11.5 Å². The molecule has 0 aliphatic carbocycles. The number of carbonyl (C=O) groups is 1. The number of rotatable bonds is 2. The standard InChI is InChI=1S/C14H20N2O3/c1-14(2)9-16(6-7-19-14)13(17)10-4-5-11(15)12(8-10)18-3/h4-5,8H,6-7,9,15H2,1-3H3. The highest BCUT2D eigenvalue weighted by Gasteiger charge is 2.30. The van der Waals surface area contributed by atoms with Crippen LogP contribution in [0.1, 0.15) is 24.2 Å².